The summed E-state index contributed by atoms with van der Waals surface area (Å²) in [6, 6.07) is 6.81. The zero-order chi connectivity index (χ0) is 25.4. The van der Waals surface area contributed by atoms with Crippen molar-refractivity contribution in [1.82, 2.24) is 4.90 Å². The first kappa shape index (κ1) is 27.6. The highest BCUT2D eigenvalue weighted by atomic mass is 16.1. The molecule has 3 heteroatoms. The molecule has 0 aromatic heterocycles. The number of rotatable bonds is 9. The molecular weight excluding hydrogens is 416 g/mol. The van der Waals surface area contributed by atoms with Gasteiger partial charge in [-0.25, -0.2) is 4.99 Å². The second-order valence-corrected chi connectivity index (χ2v) is 10.0. The van der Waals surface area contributed by atoms with Gasteiger partial charge in [0.2, 0.25) is 0 Å². The minimum Gasteiger partial charge on any atom is -0.357 e. The van der Waals surface area contributed by atoms with Gasteiger partial charge in [-0.3, -0.25) is 0 Å². The first-order valence-electron chi connectivity index (χ1n) is 12.7. The number of likely N-dealkylation sites (tertiary alicyclic amines) is 1. The van der Waals surface area contributed by atoms with Gasteiger partial charge in [0, 0.05) is 24.7 Å². The topological polar surface area (TPSA) is 32.7 Å². The van der Waals surface area contributed by atoms with Gasteiger partial charge in [0.15, 0.2) is 0 Å². The Morgan fingerprint density at radius 1 is 1.15 bits per heavy atom. The largest absolute Gasteiger partial charge is 0.357 e. The molecule has 1 heterocycles. The molecule has 2 rings (SSSR count). The van der Waals surface area contributed by atoms with Gasteiger partial charge in [-0.2, -0.15) is 0 Å². The summed E-state index contributed by atoms with van der Waals surface area (Å²) < 4.78 is 0. The Hall–Kier alpha value is -2.68. The predicted molar refractivity (Wildman–Crippen MR) is 148 cm³/mol. The standard InChI is InChI=1S/C31H44N2O/c1-10-22(4)31-19-29(13-11-24(31)6)23(5)12-14-30(25(7)21(2)3)26(8)32-27(9)33-17-15-28(20-34)16-18-33/h11-14,19-20,22,28H,9-10,15-18H2,1-8H3/b23-12+,30-14+,32-26-. The van der Waals surface area contributed by atoms with E-state index in [4.69, 9.17) is 4.99 Å². The van der Waals surface area contributed by atoms with Gasteiger partial charge in [0.05, 0.1) is 0 Å². The highest BCUT2D eigenvalue weighted by Crippen LogP contribution is 2.27. The first-order chi connectivity index (χ1) is 16.1. The fraction of sp³-hybridized carbons (Fsp3) is 0.484. The van der Waals surface area contributed by atoms with E-state index in [2.05, 4.69) is 97.2 Å². The third kappa shape index (κ3) is 7.16. The number of piperidine rings is 1. The highest BCUT2D eigenvalue weighted by molar-refractivity contribution is 6.03. The van der Waals surface area contributed by atoms with E-state index < -0.39 is 0 Å². The minimum absolute atomic E-state index is 0.174. The Morgan fingerprint density at radius 3 is 2.35 bits per heavy atom. The molecule has 1 aromatic rings. The van der Waals surface area contributed by atoms with Crippen molar-refractivity contribution in [2.45, 2.75) is 80.6 Å². The number of carbonyl (C=O) groups is 1. The second-order valence-electron chi connectivity index (χ2n) is 10.0. The molecular formula is C31H44N2O. The van der Waals surface area contributed by atoms with Crippen LogP contribution in [0.2, 0.25) is 0 Å². The van der Waals surface area contributed by atoms with Gasteiger partial charge < -0.3 is 9.69 Å². The van der Waals surface area contributed by atoms with Crippen LogP contribution >= 0.6 is 0 Å². The lowest BCUT2D eigenvalue weighted by Gasteiger charge is -2.31. The number of aldehydes is 1. The molecule has 0 aliphatic carbocycles. The van der Waals surface area contributed by atoms with E-state index in [1.165, 1.54) is 33.4 Å². The molecule has 3 nitrogen and oxygen atoms in total. The second kappa shape index (κ2) is 12.7. The van der Waals surface area contributed by atoms with Crippen molar-refractivity contribution in [3.63, 3.8) is 0 Å². The van der Waals surface area contributed by atoms with Crippen LogP contribution in [0.4, 0.5) is 0 Å². The quantitative estimate of drug-likeness (QED) is 0.212. The maximum absolute atomic E-state index is 11.1. The maximum atomic E-state index is 11.1. The van der Waals surface area contributed by atoms with E-state index in [1.807, 2.05) is 0 Å². The number of benzene rings is 1. The number of aliphatic imine (C=N–C) groups is 1. The predicted octanol–water partition coefficient (Wildman–Crippen LogP) is 8.04. The van der Waals surface area contributed by atoms with E-state index in [0.717, 1.165) is 55.7 Å². The molecule has 1 fully saturated rings. The molecule has 1 atom stereocenters. The zero-order valence-corrected chi connectivity index (χ0v) is 22.7. The lowest BCUT2D eigenvalue weighted by Crippen LogP contribution is -2.33. The molecule has 0 radical (unpaired) electrons. The van der Waals surface area contributed by atoms with Gasteiger partial charge in [-0.15, -0.1) is 0 Å². The van der Waals surface area contributed by atoms with E-state index >= 15 is 0 Å². The van der Waals surface area contributed by atoms with Crippen LogP contribution in [0.25, 0.3) is 5.57 Å². The fourth-order valence-corrected chi connectivity index (χ4v) is 4.35. The Bertz CT molecular complexity index is 1010. The maximum Gasteiger partial charge on any atom is 0.123 e. The van der Waals surface area contributed by atoms with Gasteiger partial charge in [-0.05, 0) is 100 Å². The van der Waals surface area contributed by atoms with E-state index in [9.17, 15) is 4.79 Å². The Balaban J connectivity index is 2.36. The number of carbonyl (C=O) groups excluding carboxylic acids is 1. The average molecular weight is 461 g/mol. The third-order valence-electron chi connectivity index (χ3n) is 7.32. The number of nitrogens with zero attached hydrogens (tertiary/aromatic N) is 2. The summed E-state index contributed by atoms with van der Waals surface area (Å²) in [5, 5.41) is 0. The summed E-state index contributed by atoms with van der Waals surface area (Å²) in [5.41, 5.74) is 9.92. The highest BCUT2D eigenvalue weighted by Gasteiger charge is 2.19. The van der Waals surface area contributed by atoms with Crippen molar-refractivity contribution in [3.8, 4) is 0 Å². The molecule has 1 unspecified atom stereocenters. The summed E-state index contributed by atoms with van der Waals surface area (Å²) in [5.74, 6) is 1.52. The van der Waals surface area contributed by atoms with Crippen molar-refractivity contribution in [2.24, 2.45) is 10.9 Å². The first-order valence-corrected chi connectivity index (χ1v) is 12.7. The van der Waals surface area contributed by atoms with Crippen molar-refractivity contribution < 1.29 is 4.79 Å². The zero-order valence-electron chi connectivity index (χ0n) is 22.7. The van der Waals surface area contributed by atoms with Crippen LogP contribution in [-0.2, 0) is 4.79 Å². The molecule has 0 amide bonds. The van der Waals surface area contributed by atoms with Crippen LogP contribution in [0.1, 0.15) is 90.3 Å². The summed E-state index contributed by atoms with van der Waals surface area (Å²) in [6.07, 6.45) is 8.40. The Morgan fingerprint density at radius 2 is 1.79 bits per heavy atom. The van der Waals surface area contributed by atoms with Crippen LogP contribution in [-0.4, -0.2) is 30.0 Å². The molecule has 0 saturated carbocycles. The van der Waals surface area contributed by atoms with Crippen LogP contribution in [0, 0.1) is 12.8 Å². The molecule has 1 saturated heterocycles. The molecule has 0 N–H and O–H groups in total. The molecule has 1 aliphatic heterocycles. The molecule has 184 valence electrons. The van der Waals surface area contributed by atoms with Crippen molar-refractivity contribution >= 4 is 17.6 Å². The summed E-state index contributed by atoms with van der Waals surface area (Å²) in [7, 11) is 0. The number of hydrogen-bond acceptors (Lipinski definition) is 3. The lowest BCUT2D eigenvalue weighted by atomic mass is 9.91. The Labute approximate surface area is 208 Å². The van der Waals surface area contributed by atoms with E-state index in [0.29, 0.717) is 5.92 Å². The normalized spacial score (nSPS) is 16.9. The number of allylic oxidation sites excluding steroid dienone is 6. The average Bonchev–Trinajstić information content (AvgIpc) is 2.83. The van der Waals surface area contributed by atoms with Gasteiger partial charge >= 0.3 is 0 Å². The van der Waals surface area contributed by atoms with Crippen LogP contribution in [0.15, 0.2) is 64.5 Å². The molecule has 1 aromatic carbocycles. The summed E-state index contributed by atoms with van der Waals surface area (Å²) >= 11 is 0. The summed E-state index contributed by atoms with van der Waals surface area (Å²) in [6.45, 7) is 23.4. The molecule has 34 heavy (non-hydrogen) atoms. The Kier molecular flexibility index (Phi) is 10.3. The molecule has 1 aliphatic rings. The van der Waals surface area contributed by atoms with Crippen molar-refractivity contribution in [3.05, 3.63) is 76.2 Å². The lowest BCUT2D eigenvalue weighted by molar-refractivity contribution is -0.112. The minimum atomic E-state index is 0.174. The molecule has 0 bridgehead atoms. The van der Waals surface area contributed by atoms with Gasteiger partial charge in [0.25, 0.3) is 0 Å². The smallest absolute Gasteiger partial charge is 0.123 e. The number of aryl methyl sites for hydroxylation is 1. The third-order valence-corrected chi connectivity index (χ3v) is 7.32. The summed E-state index contributed by atoms with van der Waals surface area (Å²) in [4.78, 5) is 18.2. The van der Waals surface area contributed by atoms with Crippen molar-refractivity contribution in [2.75, 3.05) is 13.1 Å². The van der Waals surface area contributed by atoms with E-state index in [1.54, 1.807) is 0 Å². The van der Waals surface area contributed by atoms with Crippen LogP contribution < -0.4 is 0 Å². The van der Waals surface area contributed by atoms with Gasteiger partial charge in [-0.1, -0.05) is 56.4 Å². The number of hydrogen-bond donors (Lipinski definition) is 0. The monoisotopic (exact) mass is 460 g/mol. The molecule has 0 spiro atoms. The van der Waals surface area contributed by atoms with Crippen molar-refractivity contribution in [1.29, 1.82) is 0 Å². The van der Waals surface area contributed by atoms with Crippen LogP contribution in [0.5, 0.6) is 0 Å². The van der Waals surface area contributed by atoms with Crippen LogP contribution in [0.3, 0.4) is 0 Å². The van der Waals surface area contributed by atoms with E-state index in [-0.39, 0.29) is 5.92 Å². The fourth-order valence-electron chi connectivity index (χ4n) is 4.35. The van der Waals surface area contributed by atoms with Gasteiger partial charge in [0.1, 0.15) is 12.1 Å². The SMILES string of the molecule is C=C(\N=C(C)/C(=C/C=C(\C)c1ccc(C)c(C(C)CC)c1)C(C)=C(C)C)N1CCC(C=O)CC1.